The summed E-state index contributed by atoms with van der Waals surface area (Å²) < 4.78 is 2.82. The summed E-state index contributed by atoms with van der Waals surface area (Å²) in [4.78, 5) is 30.3. The summed E-state index contributed by atoms with van der Waals surface area (Å²) in [6.45, 7) is 4.31. The second-order valence-corrected chi connectivity index (χ2v) is 4.29. The van der Waals surface area contributed by atoms with Gasteiger partial charge in [0.25, 0.3) is 5.56 Å². The van der Waals surface area contributed by atoms with Gasteiger partial charge < -0.3 is 4.57 Å². The lowest BCUT2D eigenvalue weighted by molar-refractivity contribution is 0.495. The molecule has 16 heavy (non-hydrogen) atoms. The van der Waals surface area contributed by atoms with E-state index >= 15 is 0 Å². The summed E-state index contributed by atoms with van der Waals surface area (Å²) in [5.74, 6) is 0.236. The third-order valence-corrected chi connectivity index (χ3v) is 2.40. The van der Waals surface area contributed by atoms with E-state index in [-0.39, 0.29) is 17.2 Å². The van der Waals surface area contributed by atoms with Crippen molar-refractivity contribution in [1.29, 1.82) is 0 Å². The minimum Gasteiger partial charge on any atom is -0.320 e. The molecule has 6 heteroatoms. The van der Waals surface area contributed by atoms with Crippen molar-refractivity contribution in [2.45, 2.75) is 20.4 Å². The van der Waals surface area contributed by atoms with Gasteiger partial charge in [-0.2, -0.15) is 0 Å². The van der Waals surface area contributed by atoms with Gasteiger partial charge in [0.2, 0.25) is 0 Å². The van der Waals surface area contributed by atoms with E-state index < -0.39 is 0 Å². The number of nitrogens with one attached hydrogen (secondary N) is 1. The SMILES string of the molecule is CC(C)Cn1c(=O)[nH]c2c(ncn2C)c1=O. The summed E-state index contributed by atoms with van der Waals surface area (Å²) in [6, 6.07) is 0. The third-order valence-electron chi connectivity index (χ3n) is 2.40. The topological polar surface area (TPSA) is 72.7 Å². The van der Waals surface area contributed by atoms with Crippen molar-refractivity contribution in [3.8, 4) is 0 Å². The molecule has 0 radical (unpaired) electrons. The van der Waals surface area contributed by atoms with Crippen LogP contribution in [0.2, 0.25) is 0 Å². The lowest BCUT2D eigenvalue weighted by Crippen LogP contribution is -2.36. The van der Waals surface area contributed by atoms with Crippen molar-refractivity contribution in [2.24, 2.45) is 13.0 Å². The Balaban J connectivity index is 2.77. The maximum atomic E-state index is 12.0. The van der Waals surface area contributed by atoms with Crippen LogP contribution in [0.25, 0.3) is 11.2 Å². The fourth-order valence-corrected chi connectivity index (χ4v) is 1.65. The summed E-state index contributed by atoms with van der Waals surface area (Å²) in [5, 5.41) is 0. The van der Waals surface area contributed by atoms with Gasteiger partial charge in [-0.05, 0) is 5.92 Å². The van der Waals surface area contributed by atoms with E-state index in [1.54, 1.807) is 11.6 Å². The lowest BCUT2D eigenvalue weighted by Gasteiger charge is -2.06. The molecule has 6 nitrogen and oxygen atoms in total. The van der Waals surface area contributed by atoms with Crippen molar-refractivity contribution in [3.05, 3.63) is 27.2 Å². The molecule has 0 aliphatic rings. The van der Waals surface area contributed by atoms with Crippen LogP contribution in [0, 0.1) is 5.92 Å². The van der Waals surface area contributed by atoms with Crippen LogP contribution < -0.4 is 11.2 Å². The van der Waals surface area contributed by atoms with Gasteiger partial charge in [-0.25, -0.2) is 9.78 Å². The number of fused-ring (bicyclic) bond motifs is 1. The zero-order chi connectivity index (χ0) is 11.9. The average molecular weight is 222 g/mol. The number of aromatic amines is 1. The zero-order valence-electron chi connectivity index (χ0n) is 9.52. The van der Waals surface area contributed by atoms with Crippen molar-refractivity contribution in [3.63, 3.8) is 0 Å². The van der Waals surface area contributed by atoms with Crippen LogP contribution in [0.5, 0.6) is 0 Å². The quantitative estimate of drug-likeness (QED) is 0.782. The van der Waals surface area contributed by atoms with E-state index in [0.717, 1.165) is 0 Å². The molecule has 0 aliphatic heterocycles. The Morgan fingerprint density at radius 2 is 2.12 bits per heavy atom. The Morgan fingerprint density at radius 1 is 1.44 bits per heavy atom. The van der Waals surface area contributed by atoms with Crippen LogP contribution in [-0.2, 0) is 13.6 Å². The van der Waals surface area contributed by atoms with Gasteiger partial charge in [0.05, 0.1) is 6.33 Å². The molecule has 86 valence electrons. The molecule has 2 heterocycles. The van der Waals surface area contributed by atoms with Crippen LogP contribution in [0.4, 0.5) is 0 Å². The minimum atomic E-state index is -0.380. The van der Waals surface area contributed by atoms with Crippen molar-refractivity contribution in [2.75, 3.05) is 0 Å². The van der Waals surface area contributed by atoms with Crippen molar-refractivity contribution >= 4 is 11.2 Å². The monoisotopic (exact) mass is 222 g/mol. The Morgan fingerprint density at radius 3 is 2.75 bits per heavy atom. The van der Waals surface area contributed by atoms with Crippen molar-refractivity contribution < 1.29 is 0 Å². The molecule has 0 spiro atoms. The zero-order valence-corrected chi connectivity index (χ0v) is 9.52. The first-order chi connectivity index (χ1) is 7.50. The average Bonchev–Trinajstić information content (AvgIpc) is 2.55. The molecule has 0 atom stereocenters. The predicted molar refractivity (Wildman–Crippen MR) is 60.4 cm³/mol. The molecule has 0 amide bonds. The fraction of sp³-hybridized carbons (Fsp3) is 0.500. The summed E-state index contributed by atoms with van der Waals surface area (Å²) >= 11 is 0. The molecule has 0 aromatic carbocycles. The Bertz CT molecular complexity index is 632. The van der Waals surface area contributed by atoms with Gasteiger partial charge in [0.1, 0.15) is 5.65 Å². The van der Waals surface area contributed by atoms with Crippen LogP contribution in [-0.4, -0.2) is 19.1 Å². The van der Waals surface area contributed by atoms with Crippen LogP contribution in [0.1, 0.15) is 13.8 Å². The van der Waals surface area contributed by atoms with Crippen LogP contribution >= 0.6 is 0 Å². The summed E-state index contributed by atoms with van der Waals surface area (Å²) in [7, 11) is 1.73. The Labute approximate surface area is 91.5 Å². The maximum absolute atomic E-state index is 12.0. The molecule has 2 aromatic heterocycles. The molecule has 0 bridgehead atoms. The predicted octanol–water partition coefficient (Wildman–Crippen LogP) is 0.0793. The molecule has 2 rings (SSSR count). The second-order valence-electron chi connectivity index (χ2n) is 4.29. The number of hydrogen-bond donors (Lipinski definition) is 1. The van der Waals surface area contributed by atoms with E-state index in [1.807, 2.05) is 13.8 Å². The van der Waals surface area contributed by atoms with E-state index in [9.17, 15) is 9.59 Å². The van der Waals surface area contributed by atoms with E-state index in [4.69, 9.17) is 0 Å². The van der Waals surface area contributed by atoms with Gasteiger partial charge in [-0.3, -0.25) is 14.3 Å². The molecule has 0 aliphatic carbocycles. The van der Waals surface area contributed by atoms with E-state index in [0.29, 0.717) is 17.7 Å². The molecule has 0 fully saturated rings. The highest BCUT2D eigenvalue weighted by Crippen LogP contribution is 2.01. The Kier molecular flexibility index (Phi) is 2.41. The van der Waals surface area contributed by atoms with E-state index in [2.05, 4.69) is 9.97 Å². The first-order valence-corrected chi connectivity index (χ1v) is 5.15. The molecule has 0 saturated carbocycles. The molecular weight excluding hydrogens is 208 g/mol. The van der Waals surface area contributed by atoms with Gasteiger partial charge in [0, 0.05) is 13.6 Å². The molecule has 2 aromatic rings. The van der Waals surface area contributed by atoms with Gasteiger partial charge in [0.15, 0.2) is 5.52 Å². The largest absolute Gasteiger partial charge is 0.330 e. The smallest absolute Gasteiger partial charge is 0.320 e. The second kappa shape index (κ2) is 3.62. The van der Waals surface area contributed by atoms with E-state index in [1.165, 1.54) is 10.9 Å². The molecule has 1 N–H and O–H groups in total. The Hall–Kier alpha value is -1.85. The molecule has 0 unspecified atom stereocenters. The highest BCUT2D eigenvalue weighted by Gasteiger charge is 2.11. The standard InChI is InChI=1S/C10H14N4O2/c1-6(2)4-14-9(15)7-8(12-10(14)16)13(3)5-11-7/h5-6H,4H2,1-3H3,(H,12,16). The number of aryl methyl sites for hydroxylation is 1. The third kappa shape index (κ3) is 1.56. The fourth-order valence-electron chi connectivity index (χ4n) is 1.65. The van der Waals surface area contributed by atoms with Crippen molar-refractivity contribution in [1.82, 2.24) is 19.1 Å². The normalized spacial score (nSPS) is 11.5. The number of imidazole rings is 1. The first-order valence-electron chi connectivity index (χ1n) is 5.15. The van der Waals surface area contributed by atoms with Crippen LogP contribution in [0.3, 0.4) is 0 Å². The maximum Gasteiger partial charge on any atom is 0.330 e. The van der Waals surface area contributed by atoms with Crippen LogP contribution in [0.15, 0.2) is 15.9 Å². The number of aromatic nitrogens is 4. The number of H-pyrrole nitrogens is 1. The highest BCUT2D eigenvalue weighted by molar-refractivity contribution is 5.68. The molecule has 0 saturated heterocycles. The van der Waals surface area contributed by atoms with Gasteiger partial charge in [-0.1, -0.05) is 13.8 Å². The molecular formula is C10H14N4O2. The van der Waals surface area contributed by atoms with Gasteiger partial charge in [-0.15, -0.1) is 0 Å². The van der Waals surface area contributed by atoms with Gasteiger partial charge >= 0.3 is 5.69 Å². The summed E-state index contributed by atoms with van der Waals surface area (Å²) in [5.41, 5.74) is 0.0700. The number of nitrogens with zero attached hydrogens (tertiary/aromatic N) is 3. The number of rotatable bonds is 2. The highest BCUT2D eigenvalue weighted by atomic mass is 16.2. The first kappa shape index (κ1) is 10.7. The summed E-state index contributed by atoms with van der Waals surface area (Å²) in [6.07, 6.45) is 1.52. The lowest BCUT2D eigenvalue weighted by atomic mass is 10.2. The minimum absolute atomic E-state index is 0.236. The number of hydrogen-bond acceptors (Lipinski definition) is 3.